The second-order valence-electron chi connectivity index (χ2n) is 6.04. The Bertz CT molecular complexity index is 631. The molecule has 0 bridgehead atoms. The fraction of sp³-hybridized carbons (Fsp3) is 0.444. The Balaban J connectivity index is 1.77. The van der Waals surface area contributed by atoms with Crippen LogP contribution in [0.2, 0.25) is 10.0 Å². The van der Waals surface area contributed by atoms with Gasteiger partial charge in [0.2, 0.25) is 0 Å². The molecule has 0 aliphatic heterocycles. The first-order chi connectivity index (χ1) is 11.5. The van der Waals surface area contributed by atoms with Crippen molar-refractivity contribution in [2.24, 2.45) is 5.92 Å². The van der Waals surface area contributed by atoms with Gasteiger partial charge in [0.25, 0.3) is 5.91 Å². The maximum atomic E-state index is 11.9. The van der Waals surface area contributed by atoms with Crippen molar-refractivity contribution < 1.29 is 14.3 Å². The average molecular weight is 370 g/mol. The van der Waals surface area contributed by atoms with Crippen LogP contribution in [0.1, 0.15) is 38.2 Å². The molecule has 6 heteroatoms. The van der Waals surface area contributed by atoms with E-state index in [2.05, 4.69) is 12.2 Å². The Kier molecular flexibility index (Phi) is 7.13. The minimum Gasteiger partial charge on any atom is -0.452 e. The van der Waals surface area contributed by atoms with Gasteiger partial charge < -0.3 is 10.1 Å². The van der Waals surface area contributed by atoms with Crippen LogP contribution in [0.4, 0.5) is 0 Å². The van der Waals surface area contributed by atoms with Crippen molar-refractivity contribution in [2.45, 2.75) is 38.6 Å². The number of hydrogen-bond donors (Lipinski definition) is 1. The van der Waals surface area contributed by atoms with Gasteiger partial charge in [0.05, 0.1) is 0 Å². The van der Waals surface area contributed by atoms with Gasteiger partial charge in [-0.25, -0.2) is 4.79 Å². The molecule has 0 saturated heterocycles. The normalized spacial score (nSPS) is 20.8. The highest BCUT2D eigenvalue weighted by molar-refractivity contribution is 6.35. The van der Waals surface area contributed by atoms with Gasteiger partial charge in [0.15, 0.2) is 6.61 Å². The summed E-state index contributed by atoms with van der Waals surface area (Å²) in [4.78, 5) is 23.6. The molecule has 1 aromatic carbocycles. The van der Waals surface area contributed by atoms with Crippen molar-refractivity contribution >= 4 is 41.2 Å². The molecule has 1 aromatic rings. The molecule has 1 fully saturated rings. The molecule has 0 heterocycles. The molecule has 2 rings (SSSR count). The highest BCUT2D eigenvalue weighted by Gasteiger charge is 2.22. The van der Waals surface area contributed by atoms with Crippen molar-refractivity contribution in [3.05, 3.63) is 39.9 Å². The summed E-state index contributed by atoms with van der Waals surface area (Å²) in [5.41, 5.74) is 0.651. The summed E-state index contributed by atoms with van der Waals surface area (Å²) in [6.45, 7) is 1.86. The van der Waals surface area contributed by atoms with Gasteiger partial charge in [-0.3, -0.25) is 4.79 Å². The van der Waals surface area contributed by atoms with E-state index in [9.17, 15) is 9.59 Å². The van der Waals surface area contributed by atoms with Gasteiger partial charge in [-0.05, 0) is 42.5 Å². The molecule has 0 aromatic heterocycles. The van der Waals surface area contributed by atoms with E-state index in [-0.39, 0.29) is 18.6 Å². The Labute approximate surface area is 152 Å². The number of nitrogens with one attached hydrogen (secondary N) is 1. The Morgan fingerprint density at radius 3 is 2.75 bits per heavy atom. The molecule has 1 aliphatic carbocycles. The second-order valence-corrected chi connectivity index (χ2v) is 6.89. The first kappa shape index (κ1) is 18.8. The third-order valence-corrected chi connectivity index (χ3v) is 4.73. The lowest BCUT2D eigenvalue weighted by atomic mass is 9.86. The third kappa shape index (κ3) is 5.84. The number of hydrogen-bond acceptors (Lipinski definition) is 3. The summed E-state index contributed by atoms with van der Waals surface area (Å²) in [6, 6.07) is 5.14. The third-order valence-electron chi connectivity index (χ3n) is 4.16. The van der Waals surface area contributed by atoms with E-state index in [0.717, 1.165) is 19.3 Å². The molecular formula is C18H21Cl2NO3. The monoisotopic (exact) mass is 369 g/mol. The lowest BCUT2D eigenvalue weighted by molar-refractivity contribution is -0.144. The summed E-state index contributed by atoms with van der Waals surface area (Å²) in [6.07, 6.45) is 7.21. The van der Waals surface area contributed by atoms with Crippen molar-refractivity contribution in [1.82, 2.24) is 5.32 Å². The molecule has 0 unspecified atom stereocenters. The SMILES string of the molecule is C[C@H]1CCCC[C@@H]1NC(=O)COC(=O)/C=C/c1ccc(Cl)cc1Cl. The number of esters is 1. The van der Waals surface area contributed by atoms with E-state index in [1.54, 1.807) is 18.2 Å². The average Bonchev–Trinajstić information content (AvgIpc) is 2.54. The predicted molar refractivity (Wildman–Crippen MR) is 96.0 cm³/mol. The number of carbonyl (C=O) groups excluding carboxylic acids is 2. The molecule has 0 spiro atoms. The van der Waals surface area contributed by atoms with Gasteiger partial charge in [0.1, 0.15) is 0 Å². The summed E-state index contributed by atoms with van der Waals surface area (Å²) in [5.74, 6) is -0.391. The van der Waals surface area contributed by atoms with Crippen molar-refractivity contribution in [3.63, 3.8) is 0 Å². The fourth-order valence-electron chi connectivity index (χ4n) is 2.76. The number of amides is 1. The van der Waals surface area contributed by atoms with Crippen LogP contribution in [0.15, 0.2) is 24.3 Å². The zero-order valence-corrected chi connectivity index (χ0v) is 15.1. The minimum absolute atomic E-state index is 0.174. The van der Waals surface area contributed by atoms with Crippen LogP contribution in [0, 0.1) is 5.92 Å². The summed E-state index contributed by atoms with van der Waals surface area (Å²) in [5, 5.41) is 3.90. The topological polar surface area (TPSA) is 55.4 Å². The van der Waals surface area contributed by atoms with Crippen LogP contribution < -0.4 is 5.32 Å². The van der Waals surface area contributed by atoms with Crippen molar-refractivity contribution in [1.29, 1.82) is 0 Å². The first-order valence-corrected chi connectivity index (χ1v) is 8.80. The van der Waals surface area contributed by atoms with Crippen molar-refractivity contribution in [3.8, 4) is 0 Å². The largest absolute Gasteiger partial charge is 0.452 e. The standard InChI is InChI=1S/C18H21Cl2NO3/c1-12-4-2-3-5-16(12)21-17(22)11-24-18(23)9-7-13-6-8-14(19)10-15(13)20/h6-10,12,16H,2-5,11H2,1H3,(H,21,22)/b9-7+/t12-,16-/m0/s1. The second kappa shape index (κ2) is 9.09. The van der Waals surface area contributed by atoms with Crippen LogP contribution in [0.25, 0.3) is 6.08 Å². The zero-order chi connectivity index (χ0) is 17.5. The molecule has 2 atom stereocenters. The van der Waals surface area contributed by atoms with E-state index in [4.69, 9.17) is 27.9 Å². The predicted octanol–water partition coefficient (Wildman–Crippen LogP) is 4.24. The van der Waals surface area contributed by atoms with E-state index in [1.165, 1.54) is 18.6 Å². The maximum Gasteiger partial charge on any atom is 0.331 e. The summed E-state index contributed by atoms with van der Waals surface area (Å²) in [7, 11) is 0. The highest BCUT2D eigenvalue weighted by Crippen LogP contribution is 2.24. The summed E-state index contributed by atoms with van der Waals surface area (Å²) >= 11 is 11.8. The van der Waals surface area contributed by atoms with Crippen LogP contribution in [-0.2, 0) is 14.3 Å². The lowest BCUT2D eigenvalue weighted by Gasteiger charge is -2.29. The van der Waals surface area contributed by atoms with Crippen LogP contribution in [-0.4, -0.2) is 24.5 Å². The first-order valence-electron chi connectivity index (χ1n) is 8.05. The molecular weight excluding hydrogens is 349 g/mol. The van der Waals surface area contributed by atoms with Crippen LogP contribution >= 0.6 is 23.2 Å². The van der Waals surface area contributed by atoms with Gasteiger partial charge in [-0.1, -0.05) is 49.0 Å². The van der Waals surface area contributed by atoms with Crippen molar-refractivity contribution in [2.75, 3.05) is 6.61 Å². The molecule has 24 heavy (non-hydrogen) atoms. The Morgan fingerprint density at radius 1 is 1.29 bits per heavy atom. The van der Waals surface area contributed by atoms with Gasteiger partial charge in [-0.2, -0.15) is 0 Å². The van der Waals surface area contributed by atoms with E-state index < -0.39 is 5.97 Å². The quantitative estimate of drug-likeness (QED) is 0.623. The molecule has 130 valence electrons. The van der Waals surface area contributed by atoms with Crippen LogP contribution in [0.3, 0.4) is 0 Å². The smallest absolute Gasteiger partial charge is 0.331 e. The Hall–Kier alpha value is -1.52. The number of benzene rings is 1. The number of rotatable bonds is 5. The summed E-state index contributed by atoms with van der Waals surface area (Å²) < 4.78 is 4.96. The minimum atomic E-state index is -0.590. The van der Waals surface area contributed by atoms with E-state index in [0.29, 0.717) is 21.5 Å². The molecule has 1 N–H and O–H groups in total. The van der Waals surface area contributed by atoms with E-state index >= 15 is 0 Å². The van der Waals surface area contributed by atoms with E-state index in [1.807, 2.05) is 0 Å². The fourth-order valence-corrected chi connectivity index (χ4v) is 3.23. The molecule has 4 nitrogen and oxygen atoms in total. The molecule has 1 saturated carbocycles. The lowest BCUT2D eigenvalue weighted by Crippen LogP contribution is -2.42. The number of carbonyl (C=O) groups is 2. The molecule has 1 aliphatic rings. The van der Waals surface area contributed by atoms with Crippen LogP contribution in [0.5, 0.6) is 0 Å². The molecule has 1 amide bonds. The maximum absolute atomic E-state index is 11.9. The van der Waals surface area contributed by atoms with Gasteiger partial charge in [0, 0.05) is 22.2 Å². The highest BCUT2D eigenvalue weighted by atomic mass is 35.5. The number of halogens is 2. The zero-order valence-electron chi connectivity index (χ0n) is 13.6. The molecule has 0 radical (unpaired) electrons. The van der Waals surface area contributed by atoms with Gasteiger partial charge >= 0.3 is 5.97 Å². The van der Waals surface area contributed by atoms with Gasteiger partial charge in [-0.15, -0.1) is 0 Å². The number of ether oxygens (including phenoxy) is 1. The Morgan fingerprint density at radius 2 is 2.04 bits per heavy atom.